The van der Waals surface area contributed by atoms with Crippen molar-refractivity contribution in [3.8, 4) is 0 Å². The second kappa shape index (κ2) is 5.64. The van der Waals surface area contributed by atoms with Gasteiger partial charge in [0, 0.05) is 5.56 Å². The van der Waals surface area contributed by atoms with Crippen LogP contribution >= 0.6 is 0 Å². The molecule has 3 N–H and O–H groups in total. The van der Waals surface area contributed by atoms with Crippen molar-refractivity contribution >= 4 is 22.8 Å². The van der Waals surface area contributed by atoms with Gasteiger partial charge in [0.15, 0.2) is 5.71 Å². The molecular formula is C16H12F3N3O2. The van der Waals surface area contributed by atoms with Gasteiger partial charge >= 0.3 is 6.18 Å². The van der Waals surface area contributed by atoms with Gasteiger partial charge in [-0.3, -0.25) is 0 Å². The zero-order valence-corrected chi connectivity index (χ0v) is 12.1. The third kappa shape index (κ3) is 2.50. The van der Waals surface area contributed by atoms with Gasteiger partial charge in [0.1, 0.15) is 5.71 Å². The predicted octanol–water partition coefficient (Wildman–Crippen LogP) is 3.31. The van der Waals surface area contributed by atoms with Crippen molar-refractivity contribution < 1.29 is 23.5 Å². The van der Waals surface area contributed by atoms with E-state index in [9.17, 15) is 23.5 Å². The van der Waals surface area contributed by atoms with Crippen molar-refractivity contribution in [3.05, 3.63) is 60.2 Å². The number of halogens is 3. The Morgan fingerprint density at radius 1 is 1.00 bits per heavy atom. The van der Waals surface area contributed by atoms with E-state index in [1.54, 1.807) is 24.3 Å². The van der Waals surface area contributed by atoms with Crippen LogP contribution < -0.4 is 5.32 Å². The summed E-state index contributed by atoms with van der Waals surface area (Å²) in [4.78, 5) is 4.17. The Morgan fingerprint density at radius 3 is 2.25 bits per heavy atom. The molecule has 124 valence electrons. The van der Waals surface area contributed by atoms with E-state index in [-0.39, 0.29) is 22.6 Å². The molecule has 0 aromatic heterocycles. The van der Waals surface area contributed by atoms with E-state index < -0.39 is 17.6 Å². The van der Waals surface area contributed by atoms with Gasteiger partial charge < -0.3 is 15.6 Å². The normalized spacial score (nSPS) is 22.3. The maximum absolute atomic E-state index is 13.6. The molecule has 8 heteroatoms. The summed E-state index contributed by atoms with van der Waals surface area (Å²) in [5.74, 6) is 0. The Morgan fingerprint density at radius 2 is 1.62 bits per heavy atom. The lowest BCUT2D eigenvalue weighted by Crippen LogP contribution is -2.60. The van der Waals surface area contributed by atoms with Gasteiger partial charge in [-0.2, -0.15) is 13.2 Å². The van der Waals surface area contributed by atoms with Gasteiger partial charge in [0.25, 0.3) is 5.72 Å². The molecule has 0 spiro atoms. The third-order valence-corrected chi connectivity index (χ3v) is 3.58. The number of oxime groups is 1. The second-order valence-electron chi connectivity index (χ2n) is 5.13. The van der Waals surface area contributed by atoms with E-state index in [4.69, 9.17) is 0 Å². The van der Waals surface area contributed by atoms with Gasteiger partial charge in [0.05, 0.1) is 11.4 Å². The van der Waals surface area contributed by atoms with Crippen LogP contribution in [0.15, 0.2) is 64.7 Å². The Kier molecular flexibility index (Phi) is 3.76. The molecule has 0 aliphatic carbocycles. The molecular weight excluding hydrogens is 323 g/mol. The molecule has 0 saturated carbocycles. The zero-order valence-electron chi connectivity index (χ0n) is 12.1. The first kappa shape index (κ1) is 16.0. The molecule has 0 saturated heterocycles. The van der Waals surface area contributed by atoms with E-state index in [0.29, 0.717) is 0 Å². The smallest absolute Gasteiger partial charge is 0.410 e. The van der Waals surface area contributed by atoms with E-state index >= 15 is 0 Å². The fourth-order valence-corrected chi connectivity index (χ4v) is 2.40. The number of rotatable bonds is 1. The molecule has 24 heavy (non-hydrogen) atoms. The molecule has 5 nitrogen and oxygen atoms in total. The zero-order chi connectivity index (χ0) is 17.4. The molecule has 0 radical (unpaired) electrons. The fourth-order valence-electron chi connectivity index (χ4n) is 2.40. The van der Waals surface area contributed by atoms with Gasteiger partial charge in [-0.15, -0.1) is 0 Å². The number of aliphatic imine (C=N–C) groups is 1. The number of nitrogens with one attached hydrogen (secondary N) is 1. The summed E-state index contributed by atoms with van der Waals surface area (Å²) in [5, 5.41) is 24.3. The minimum atomic E-state index is -5.15. The van der Waals surface area contributed by atoms with Gasteiger partial charge in [-0.25, -0.2) is 4.99 Å². The summed E-state index contributed by atoms with van der Waals surface area (Å²) in [6.07, 6.45) is -5.15. The Balaban J connectivity index is 2.31. The van der Waals surface area contributed by atoms with Crippen LogP contribution in [0.2, 0.25) is 0 Å². The lowest BCUT2D eigenvalue weighted by Gasteiger charge is -2.31. The number of fused-ring (bicyclic) bond motifs is 1. The predicted molar refractivity (Wildman–Crippen MR) is 82.9 cm³/mol. The van der Waals surface area contributed by atoms with Crippen molar-refractivity contribution in [2.45, 2.75) is 11.9 Å². The topological polar surface area (TPSA) is 77.2 Å². The van der Waals surface area contributed by atoms with Crippen LogP contribution in [0.5, 0.6) is 0 Å². The average Bonchev–Trinajstić information content (AvgIpc) is 2.69. The van der Waals surface area contributed by atoms with Crippen LogP contribution in [0.25, 0.3) is 0 Å². The van der Waals surface area contributed by atoms with Gasteiger partial charge in [-0.1, -0.05) is 47.6 Å². The van der Waals surface area contributed by atoms with Gasteiger partial charge in [-0.05, 0) is 12.1 Å². The van der Waals surface area contributed by atoms with E-state index in [1.165, 1.54) is 30.3 Å². The molecule has 1 atom stereocenters. The largest absolute Gasteiger partial charge is 0.443 e. The van der Waals surface area contributed by atoms with Crippen LogP contribution in [0.4, 0.5) is 24.5 Å². The number of benzene rings is 2. The summed E-state index contributed by atoms with van der Waals surface area (Å²) >= 11 is 0. The number of para-hydroxylation sites is 2. The highest BCUT2D eigenvalue weighted by atomic mass is 19.4. The number of nitrogens with zero attached hydrogens (tertiary/aromatic N) is 2. The Labute approximate surface area is 134 Å². The molecule has 2 aromatic carbocycles. The molecule has 0 amide bonds. The van der Waals surface area contributed by atoms with Crippen molar-refractivity contribution in [2.24, 2.45) is 10.1 Å². The first-order valence-corrected chi connectivity index (χ1v) is 6.90. The summed E-state index contributed by atoms with van der Waals surface area (Å²) in [6, 6.07) is 13.8. The maximum Gasteiger partial charge on any atom is 0.443 e. The number of hydrogen-bond donors (Lipinski definition) is 3. The van der Waals surface area contributed by atoms with Gasteiger partial charge in [0.2, 0.25) is 0 Å². The maximum atomic E-state index is 13.6. The van der Waals surface area contributed by atoms with E-state index in [2.05, 4.69) is 10.1 Å². The second-order valence-corrected chi connectivity index (χ2v) is 5.13. The third-order valence-electron chi connectivity index (χ3n) is 3.58. The lowest BCUT2D eigenvalue weighted by molar-refractivity contribution is -0.219. The molecule has 0 fully saturated rings. The highest BCUT2D eigenvalue weighted by molar-refractivity contribution is 6.52. The monoisotopic (exact) mass is 335 g/mol. The molecule has 1 aliphatic heterocycles. The van der Waals surface area contributed by atoms with Crippen LogP contribution in [-0.2, 0) is 0 Å². The summed E-state index contributed by atoms with van der Waals surface area (Å²) < 4.78 is 40.7. The van der Waals surface area contributed by atoms with E-state index in [1.807, 2.05) is 5.32 Å². The molecule has 3 rings (SSSR count). The first-order valence-electron chi connectivity index (χ1n) is 6.90. The van der Waals surface area contributed by atoms with Crippen molar-refractivity contribution in [2.75, 3.05) is 5.32 Å². The minimum Gasteiger partial charge on any atom is -0.410 e. The number of aliphatic hydroxyl groups is 1. The molecule has 1 aliphatic rings. The SMILES string of the molecule is O/N=C1\C(c2ccccc2)=Nc2ccccc2NC1(O)C(F)(F)F. The molecule has 0 bridgehead atoms. The van der Waals surface area contributed by atoms with Crippen molar-refractivity contribution in [3.63, 3.8) is 0 Å². The molecule has 2 aromatic rings. The lowest BCUT2D eigenvalue weighted by atomic mass is 9.97. The first-order chi connectivity index (χ1) is 11.4. The highest BCUT2D eigenvalue weighted by Crippen LogP contribution is 2.39. The molecule has 1 unspecified atom stereocenters. The Bertz CT molecular complexity index is 819. The number of anilines is 1. The summed E-state index contributed by atoms with van der Waals surface area (Å²) in [6.45, 7) is 0. The quantitative estimate of drug-likeness (QED) is 0.553. The number of hydrogen-bond acceptors (Lipinski definition) is 5. The average molecular weight is 335 g/mol. The van der Waals surface area contributed by atoms with E-state index in [0.717, 1.165) is 0 Å². The number of alkyl halides is 3. The van der Waals surface area contributed by atoms with Crippen LogP contribution in [0.1, 0.15) is 5.56 Å². The van der Waals surface area contributed by atoms with Crippen LogP contribution in [-0.4, -0.2) is 33.6 Å². The van der Waals surface area contributed by atoms with Crippen LogP contribution in [0.3, 0.4) is 0 Å². The molecule has 1 heterocycles. The standard InChI is InChI=1S/C16H12F3N3O2/c17-16(18,19)15(23)14(22-24)13(10-6-2-1-3-7-10)20-11-8-4-5-9-12(11)21-15/h1-9,21,23-24H/b22-14+. The highest BCUT2D eigenvalue weighted by Gasteiger charge is 2.60. The fraction of sp³-hybridized carbons (Fsp3) is 0.125. The summed E-state index contributed by atoms with van der Waals surface area (Å²) in [7, 11) is 0. The minimum absolute atomic E-state index is 0.0376. The van der Waals surface area contributed by atoms with Crippen molar-refractivity contribution in [1.29, 1.82) is 0 Å². The van der Waals surface area contributed by atoms with Crippen molar-refractivity contribution in [1.82, 2.24) is 0 Å². The van der Waals surface area contributed by atoms with Crippen LogP contribution in [0, 0.1) is 0 Å². The Hall–Kier alpha value is -2.87. The summed E-state index contributed by atoms with van der Waals surface area (Å²) in [5.41, 5.74) is -4.50.